The smallest absolute Gasteiger partial charge is 0.261 e. The first-order valence-corrected chi connectivity index (χ1v) is 7.72. The molecule has 1 heterocycles. The Balaban J connectivity index is 2.56. The maximum absolute atomic E-state index is 12.2. The van der Waals surface area contributed by atoms with Gasteiger partial charge in [0.1, 0.15) is 6.04 Å². The van der Waals surface area contributed by atoms with Gasteiger partial charge in [0, 0.05) is 13.1 Å². The molecular formula is C14H22N2O3S. The number of hydrogen-bond donors (Lipinski definition) is 2. The lowest BCUT2D eigenvalue weighted by Gasteiger charge is -2.25. The van der Waals surface area contributed by atoms with Crippen molar-refractivity contribution in [1.29, 1.82) is 0 Å². The Morgan fingerprint density at radius 2 is 2.20 bits per heavy atom. The van der Waals surface area contributed by atoms with E-state index in [0.717, 1.165) is 12.8 Å². The summed E-state index contributed by atoms with van der Waals surface area (Å²) in [6.45, 7) is 4.56. The molecule has 6 heteroatoms. The van der Waals surface area contributed by atoms with E-state index in [-0.39, 0.29) is 18.4 Å². The van der Waals surface area contributed by atoms with Crippen molar-refractivity contribution in [2.24, 2.45) is 0 Å². The van der Waals surface area contributed by atoms with Gasteiger partial charge < -0.3 is 15.3 Å². The molecule has 1 atom stereocenters. The minimum atomic E-state index is -0.590. The van der Waals surface area contributed by atoms with Gasteiger partial charge in [0.05, 0.1) is 11.5 Å². The zero-order valence-corrected chi connectivity index (χ0v) is 12.8. The first-order chi connectivity index (χ1) is 9.60. The lowest BCUT2D eigenvalue weighted by atomic mass is 10.2. The Morgan fingerprint density at radius 1 is 1.45 bits per heavy atom. The van der Waals surface area contributed by atoms with Gasteiger partial charge in [0.2, 0.25) is 5.91 Å². The van der Waals surface area contributed by atoms with Crippen molar-refractivity contribution >= 4 is 23.2 Å². The molecule has 0 aliphatic carbocycles. The fraction of sp³-hybridized carbons (Fsp3) is 0.571. The molecular weight excluding hydrogens is 276 g/mol. The third kappa shape index (κ3) is 4.94. The van der Waals surface area contributed by atoms with Gasteiger partial charge in [-0.25, -0.2) is 0 Å². The number of carbonyl (C=O) groups is 2. The fourth-order valence-electron chi connectivity index (χ4n) is 1.81. The Kier molecular flexibility index (Phi) is 7.25. The normalized spacial score (nSPS) is 11.9. The van der Waals surface area contributed by atoms with Crippen molar-refractivity contribution in [3.05, 3.63) is 22.4 Å². The summed E-state index contributed by atoms with van der Waals surface area (Å²) in [5.74, 6) is -0.391. The monoisotopic (exact) mass is 298 g/mol. The maximum Gasteiger partial charge on any atom is 0.261 e. The number of hydrogen-bond acceptors (Lipinski definition) is 4. The Morgan fingerprint density at radius 3 is 2.75 bits per heavy atom. The van der Waals surface area contributed by atoms with E-state index >= 15 is 0 Å². The van der Waals surface area contributed by atoms with E-state index in [9.17, 15) is 9.59 Å². The van der Waals surface area contributed by atoms with E-state index in [1.54, 1.807) is 24.0 Å². The molecule has 5 nitrogen and oxygen atoms in total. The highest BCUT2D eigenvalue weighted by Gasteiger charge is 2.22. The molecule has 0 radical (unpaired) electrons. The average Bonchev–Trinajstić information content (AvgIpc) is 2.96. The van der Waals surface area contributed by atoms with Crippen LogP contribution in [0.2, 0.25) is 0 Å². The van der Waals surface area contributed by atoms with E-state index < -0.39 is 6.04 Å². The zero-order chi connectivity index (χ0) is 15.0. The summed E-state index contributed by atoms with van der Waals surface area (Å²) in [6, 6.07) is 2.93. The highest BCUT2D eigenvalue weighted by Crippen LogP contribution is 2.08. The van der Waals surface area contributed by atoms with Crippen LogP contribution in [0, 0.1) is 0 Å². The van der Waals surface area contributed by atoms with Crippen LogP contribution in [0.3, 0.4) is 0 Å². The van der Waals surface area contributed by atoms with E-state index in [0.29, 0.717) is 18.0 Å². The molecule has 1 aromatic heterocycles. The largest absolute Gasteiger partial charge is 0.395 e. The zero-order valence-electron chi connectivity index (χ0n) is 12.0. The van der Waals surface area contributed by atoms with Crippen LogP contribution in [0.15, 0.2) is 17.5 Å². The molecule has 1 aromatic rings. The molecule has 0 spiro atoms. The second kappa shape index (κ2) is 8.71. The SMILES string of the molecule is CCCCN(CCO)C(=O)C(C)NC(=O)c1cccs1. The second-order valence-corrected chi connectivity index (χ2v) is 5.52. The first kappa shape index (κ1) is 16.7. The maximum atomic E-state index is 12.2. The van der Waals surface area contributed by atoms with Crippen LogP contribution in [0.4, 0.5) is 0 Å². The highest BCUT2D eigenvalue weighted by molar-refractivity contribution is 7.12. The lowest BCUT2D eigenvalue weighted by molar-refractivity contribution is -0.133. The van der Waals surface area contributed by atoms with Gasteiger partial charge in [-0.1, -0.05) is 19.4 Å². The average molecular weight is 298 g/mol. The van der Waals surface area contributed by atoms with Gasteiger partial charge in [0.15, 0.2) is 0 Å². The third-order valence-electron chi connectivity index (χ3n) is 2.93. The topological polar surface area (TPSA) is 69.6 Å². The Hall–Kier alpha value is -1.40. The highest BCUT2D eigenvalue weighted by atomic mass is 32.1. The second-order valence-electron chi connectivity index (χ2n) is 4.57. The van der Waals surface area contributed by atoms with Gasteiger partial charge in [-0.05, 0) is 24.8 Å². The van der Waals surface area contributed by atoms with Crippen LogP contribution in [0.5, 0.6) is 0 Å². The molecule has 2 N–H and O–H groups in total. The summed E-state index contributed by atoms with van der Waals surface area (Å²) < 4.78 is 0. The Bertz CT molecular complexity index is 420. The number of unbranched alkanes of at least 4 members (excludes halogenated alkanes) is 1. The van der Waals surface area contributed by atoms with E-state index in [2.05, 4.69) is 5.32 Å². The van der Waals surface area contributed by atoms with E-state index in [4.69, 9.17) is 5.11 Å². The van der Waals surface area contributed by atoms with E-state index in [1.807, 2.05) is 12.3 Å². The first-order valence-electron chi connectivity index (χ1n) is 6.84. The number of carbonyl (C=O) groups excluding carboxylic acids is 2. The molecule has 0 aliphatic rings. The number of amides is 2. The van der Waals surface area contributed by atoms with Crippen LogP contribution in [0.1, 0.15) is 36.4 Å². The summed E-state index contributed by atoms with van der Waals surface area (Å²) in [4.78, 5) is 26.3. The number of nitrogens with zero attached hydrogens (tertiary/aromatic N) is 1. The van der Waals surface area contributed by atoms with Crippen molar-refractivity contribution in [2.75, 3.05) is 19.7 Å². The molecule has 1 rings (SSSR count). The third-order valence-corrected chi connectivity index (χ3v) is 3.79. The standard InChI is InChI=1S/C14H22N2O3S/c1-3-4-7-16(8-9-17)14(19)11(2)15-13(18)12-6-5-10-20-12/h5-6,10-11,17H,3-4,7-9H2,1-2H3,(H,15,18). The molecule has 0 aromatic carbocycles. The lowest BCUT2D eigenvalue weighted by Crippen LogP contribution is -2.48. The number of thiophene rings is 1. The number of nitrogens with one attached hydrogen (secondary N) is 1. The molecule has 0 aliphatic heterocycles. The molecule has 20 heavy (non-hydrogen) atoms. The molecule has 112 valence electrons. The quantitative estimate of drug-likeness (QED) is 0.764. The Labute approximate surface area is 123 Å². The summed E-state index contributed by atoms with van der Waals surface area (Å²) in [7, 11) is 0. The van der Waals surface area contributed by atoms with Gasteiger partial charge in [0.25, 0.3) is 5.91 Å². The van der Waals surface area contributed by atoms with Crippen LogP contribution in [-0.2, 0) is 4.79 Å². The molecule has 0 bridgehead atoms. The minimum absolute atomic E-state index is 0.0684. The van der Waals surface area contributed by atoms with Crippen molar-refractivity contribution in [1.82, 2.24) is 10.2 Å². The van der Waals surface area contributed by atoms with Crippen molar-refractivity contribution in [2.45, 2.75) is 32.7 Å². The summed E-state index contributed by atoms with van der Waals surface area (Å²) in [5, 5.41) is 13.5. The summed E-state index contributed by atoms with van der Waals surface area (Å²) in [5.41, 5.74) is 0. The molecule has 0 saturated heterocycles. The minimum Gasteiger partial charge on any atom is -0.395 e. The fourth-order valence-corrected chi connectivity index (χ4v) is 2.44. The van der Waals surface area contributed by atoms with Gasteiger partial charge >= 0.3 is 0 Å². The van der Waals surface area contributed by atoms with Crippen LogP contribution in [-0.4, -0.2) is 47.6 Å². The van der Waals surface area contributed by atoms with Gasteiger partial charge in [-0.3, -0.25) is 9.59 Å². The molecule has 0 saturated carbocycles. The van der Waals surface area contributed by atoms with Crippen LogP contribution in [0.25, 0.3) is 0 Å². The number of aliphatic hydroxyl groups is 1. The van der Waals surface area contributed by atoms with Crippen LogP contribution < -0.4 is 5.32 Å². The van der Waals surface area contributed by atoms with Gasteiger partial charge in [-0.15, -0.1) is 11.3 Å². The van der Waals surface area contributed by atoms with Crippen molar-refractivity contribution in [3.63, 3.8) is 0 Å². The van der Waals surface area contributed by atoms with E-state index in [1.165, 1.54) is 11.3 Å². The number of aliphatic hydroxyl groups excluding tert-OH is 1. The predicted octanol–water partition coefficient (Wildman–Crippen LogP) is 1.49. The van der Waals surface area contributed by atoms with Gasteiger partial charge in [-0.2, -0.15) is 0 Å². The predicted molar refractivity (Wildman–Crippen MR) is 79.8 cm³/mol. The molecule has 2 amide bonds. The molecule has 0 fully saturated rings. The molecule has 1 unspecified atom stereocenters. The summed E-state index contributed by atoms with van der Waals surface area (Å²) >= 11 is 1.34. The number of rotatable bonds is 8. The summed E-state index contributed by atoms with van der Waals surface area (Å²) in [6.07, 6.45) is 1.86. The van der Waals surface area contributed by atoms with Crippen molar-refractivity contribution < 1.29 is 14.7 Å². The van der Waals surface area contributed by atoms with Crippen LogP contribution >= 0.6 is 11.3 Å². The van der Waals surface area contributed by atoms with Crippen molar-refractivity contribution in [3.8, 4) is 0 Å².